The molecule has 0 radical (unpaired) electrons. The fourth-order valence-electron chi connectivity index (χ4n) is 2.46. The summed E-state index contributed by atoms with van der Waals surface area (Å²) in [5.74, 6) is 0.173. The van der Waals surface area contributed by atoms with E-state index in [1.165, 1.54) is 20.0 Å². The smallest absolute Gasteiger partial charge is 0.214 e. The van der Waals surface area contributed by atoms with Gasteiger partial charge >= 0.3 is 0 Å². The molecule has 1 unspecified atom stereocenters. The Hall–Kier alpha value is -2.12. The third-order valence-electron chi connectivity index (χ3n) is 3.43. The number of hydrogen-bond donors (Lipinski definition) is 2. The van der Waals surface area contributed by atoms with Crippen molar-refractivity contribution in [1.82, 2.24) is 10.1 Å². The van der Waals surface area contributed by atoms with Crippen molar-refractivity contribution in [3.05, 3.63) is 47.5 Å². The maximum atomic E-state index is 12.6. The maximum absolute atomic E-state index is 12.6. The summed E-state index contributed by atoms with van der Waals surface area (Å²) in [4.78, 5) is 2.90. The van der Waals surface area contributed by atoms with E-state index in [2.05, 4.69) is 10.1 Å². The first-order valence-electron chi connectivity index (χ1n) is 6.34. The molecular formula is C14H14N2O4S. The van der Waals surface area contributed by atoms with Crippen molar-refractivity contribution in [1.29, 1.82) is 0 Å². The maximum Gasteiger partial charge on any atom is 0.214 e. The first-order chi connectivity index (χ1) is 9.93. The molecule has 3 rings (SSSR count). The van der Waals surface area contributed by atoms with Crippen LogP contribution in [0.15, 0.2) is 39.9 Å². The van der Waals surface area contributed by atoms with Gasteiger partial charge in [0.25, 0.3) is 0 Å². The lowest BCUT2D eigenvalue weighted by atomic mass is 10.2. The number of aromatic amines is 1. The van der Waals surface area contributed by atoms with E-state index in [-0.39, 0.29) is 16.3 Å². The molecule has 0 amide bonds. The summed E-state index contributed by atoms with van der Waals surface area (Å²) in [6, 6.07) is 7.19. The van der Waals surface area contributed by atoms with Gasteiger partial charge in [-0.05, 0) is 19.9 Å². The van der Waals surface area contributed by atoms with Crippen molar-refractivity contribution in [3.63, 3.8) is 0 Å². The fourth-order valence-corrected chi connectivity index (χ4v) is 4.10. The van der Waals surface area contributed by atoms with Crippen molar-refractivity contribution in [2.45, 2.75) is 24.2 Å². The van der Waals surface area contributed by atoms with Crippen LogP contribution >= 0.6 is 0 Å². The summed E-state index contributed by atoms with van der Waals surface area (Å²) in [7, 11) is -3.99. The molecule has 1 aromatic carbocycles. The van der Waals surface area contributed by atoms with E-state index in [1.54, 1.807) is 12.1 Å². The van der Waals surface area contributed by atoms with Gasteiger partial charge in [0, 0.05) is 22.7 Å². The molecule has 0 aliphatic carbocycles. The third-order valence-corrected chi connectivity index (χ3v) is 5.43. The minimum atomic E-state index is -3.99. The number of aliphatic hydroxyl groups is 1. The lowest BCUT2D eigenvalue weighted by molar-refractivity contribution is 0.256. The van der Waals surface area contributed by atoms with Gasteiger partial charge in [-0.2, -0.15) is 0 Å². The number of fused-ring (bicyclic) bond motifs is 1. The van der Waals surface area contributed by atoms with Gasteiger partial charge < -0.3 is 14.6 Å². The topological polar surface area (TPSA) is 96.2 Å². The van der Waals surface area contributed by atoms with Gasteiger partial charge in [-0.25, -0.2) is 8.42 Å². The van der Waals surface area contributed by atoms with Gasteiger partial charge in [-0.1, -0.05) is 23.4 Å². The van der Waals surface area contributed by atoms with E-state index in [1.807, 2.05) is 12.1 Å². The molecule has 2 N–H and O–H groups in total. The van der Waals surface area contributed by atoms with E-state index in [4.69, 9.17) is 4.52 Å². The first kappa shape index (κ1) is 13.8. The van der Waals surface area contributed by atoms with Crippen molar-refractivity contribution in [3.8, 4) is 0 Å². The van der Waals surface area contributed by atoms with Crippen LogP contribution in [0.5, 0.6) is 0 Å². The zero-order valence-electron chi connectivity index (χ0n) is 11.5. The number of H-pyrrole nitrogens is 1. The number of nitrogens with one attached hydrogen (secondary N) is 1. The number of benzene rings is 1. The van der Waals surface area contributed by atoms with Crippen LogP contribution in [0.2, 0.25) is 0 Å². The van der Waals surface area contributed by atoms with Gasteiger partial charge in [0.1, 0.15) is 4.90 Å². The summed E-state index contributed by atoms with van der Waals surface area (Å²) in [5, 5.41) is 14.7. The van der Waals surface area contributed by atoms with Gasteiger partial charge in [-0.15, -0.1) is 0 Å². The molecule has 0 bridgehead atoms. The second-order valence-electron chi connectivity index (χ2n) is 4.84. The molecule has 0 saturated heterocycles. The molecule has 0 fully saturated rings. The molecule has 2 aromatic heterocycles. The fraction of sp³-hybridized carbons (Fsp3) is 0.214. The van der Waals surface area contributed by atoms with Gasteiger partial charge in [0.15, 0.2) is 11.2 Å². The van der Waals surface area contributed by atoms with E-state index < -0.39 is 15.3 Å². The van der Waals surface area contributed by atoms with Crippen LogP contribution in [-0.4, -0.2) is 23.7 Å². The lowest BCUT2D eigenvalue weighted by Gasteiger charge is -2.11. The molecule has 1 atom stereocenters. The number of para-hydroxylation sites is 1. The number of aryl methyl sites for hydroxylation is 2. The van der Waals surface area contributed by atoms with Crippen LogP contribution in [-0.2, 0) is 9.84 Å². The molecular weight excluding hydrogens is 292 g/mol. The molecule has 0 aliphatic rings. The van der Waals surface area contributed by atoms with Crippen LogP contribution in [0.3, 0.4) is 0 Å². The Kier molecular flexibility index (Phi) is 3.11. The van der Waals surface area contributed by atoms with E-state index in [0.29, 0.717) is 10.9 Å². The zero-order chi connectivity index (χ0) is 15.2. The summed E-state index contributed by atoms with van der Waals surface area (Å²) in [6.45, 7) is 3.04. The molecule has 110 valence electrons. The summed E-state index contributed by atoms with van der Waals surface area (Å²) >= 11 is 0. The van der Waals surface area contributed by atoms with Crippen LogP contribution < -0.4 is 0 Å². The van der Waals surface area contributed by atoms with Gasteiger partial charge in [0.05, 0.1) is 5.69 Å². The number of rotatable bonds is 3. The molecule has 0 saturated carbocycles. The molecule has 3 aromatic rings. The molecule has 0 spiro atoms. The normalized spacial score (nSPS) is 13.7. The highest BCUT2D eigenvalue weighted by Gasteiger charge is 2.34. The summed E-state index contributed by atoms with van der Waals surface area (Å²) in [5.41, 5.74) is -0.358. The molecule has 2 heterocycles. The van der Waals surface area contributed by atoms with E-state index >= 15 is 0 Å². The number of hydrogen-bond acceptors (Lipinski definition) is 5. The Bertz CT molecular complexity index is 889. The second kappa shape index (κ2) is 4.71. The third kappa shape index (κ3) is 2.05. The standard InChI is InChI=1S/C14H14N2O4S/c1-8-13(9(2)20-16-8)21(18,19)14(17)11-7-15-12-6-4-3-5-10(11)12/h3-7,14-15,17H,1-2H3. The van der Waals surface area contributed by atoms with Crippen molar-refractivity contribution in [2.75, 3.05) is 0 Å². The van der Waals surface area contributed by atoms with Crippen molar-refractivity contribution >= 4 is 20.7 Å². The number of nitrogens with zero attached hydrogens (tertiary/aromatic N) is 1. The number of aromatic nitrogens is 2. The Morgan fingerprint density at radius 1 is 1.29 bits per heavy atom. The highest BCUT2D eigenvalue weighted by Crippen LogP contribution is 2.34. The van der Waals surface area contributed by atoms with E-state index in [9.17, 15) is 13.5 Å². The van der Waals surface area contributed by atoms with Crippen molar-refractivity contribution in [2.24, 2.45) is 0 Å². The second-order valence-corrected chi connectivity index (χ2v) is 6.79. The highest BCUT2D eigenvalue weighted by atomic mass is 32.2. The van der Waals surface area contributed by atoms with Gasteiger partial charge in [-0.3, -0.25) is 0 Å². The highest BCUT2D eigenvalue weighted by molar-refractivity contribution is 7.91. The monoisotopic (exact) mass is 306 g/mol. The Labute approximate surface area is 121 Å². The van der Waals surface area contributed by atoms with Crippen LogP contribution in [0.1, 0.15) is 22.5 Å². The lowest BCUT2D eigenvalue weighted by Crippen LogP contribution is -2.14. The summed E-state index contributed by atoms with van der Waals surface area (Å²) < 4.78 is 30.1. The zero-order valence-corrected chi connectivity index (χ0v) is 12.3. The molecule has 6 nitrogen and oxygen atoms in total. The Morgan fingerprint density at radius 3 is 2.67 bits per heavy atom. The van der Waals surface area contributed by atoms with E-state index in [0.717, 1.165) is 5.52 Å². The van der Waals surface area contributed by atoms with Crippen LogP contribution in [0, 0.1) is 13.8 Å². The minimum absolute atomic E-state index is 0.0553. The average molecular weight is 306 g/mol. The molecule has 7 heteroatoms. The van der Waals surface area contributed by atoms with Crippen LogP contribution in [0.4, 0.5) is 0 Å². The predicted molar refractivity (Wildman–Crippen MR) is 76.4 cm³/mol. The van der Waals surface area contributed by atoms with Gasteiger partial charge in [0.2, 0.25) is 9.84 Å². The number of sulfone groups is 1. The largest absolute Gasteiger partial charge is 0.373 e. The minimum Gasteiger partial charge on any atom is -0.373 e. The molecule has 21 heavy (non-hydrogen) atoms. The van der Waals surface area contributed by atoms with Crippen molar-refractivity contribution < 1.29 is 18.0 Å². The quantitative estimate of drug-likeness (QED) is 0.773. The summed E-state index contributed by atoms with van der Waals surface area (Å²) in [6.07, 6.45) is 1.51. The molecule has 0 aliphatic heterocycles. The Balaban J connectivity index is 2.16. The van der Waals surface area contributed by atoms with Crippen LogP contribution in [0.25, 0.3) is 10.9 Å². The Morgan fingerprint density at radius 2 is 2.00 bits per heavy atom. The average Bonchev–Trinajstić information content (AvgIpc) is 3.01. The predicted octanol–water partition coefficient (Wildman–Crippen LogP) is 2.24. The SMILES string of the molecule is Cc1noc(C)c1S(=O)(=O)C(O)c1c[nH]c2ccccc12. The number of aliphatic hydroxyl groups excluding tert-OH is 1. The first-order valence-corrected chi connectivity index (χ1v) is 7.88.